The van der Waals surface area contributed by atoms with Crippen LogP contribution in [0.15, 0.2) is 47.3 Å². The minimum atomic E-state index is -6.45. The van der Waals surface area contributed by atoms with E-state index in [1.807, 2.05) is 0 Å². The van der Waals surface area contributed by atoms with Crippen molar-refractivity contribution in [2.45, 2.75) is 12.4 Å². The van der Waals surface area contributed by atoms with Gasteiger partial charge in [-0.1, -0.05) is 18.2 Å². The smallest absolute Gasteiger partial charge is 0.461 e. The van der Waals surface area contributed by atoms with Gasteiger partial charge in [0.05, 0.1) is 17.5 Å². The van der Waals surface area contributed by atoms with Crippen LogP contribution >= 0.6 is 0 Å². The van der Waals surface area contributed by atoms with Crippen LogP contribution in [0.1, 0.15) is 17.4 Å². The van der Waals surface area contributed by atoms with Gasteiger partial charge in [0.2, 0.25) is 5.75 Å². The molecule has 0 saturated heterocycles. The van der Waals surface area contributed by atoms with E-state index in [1.165, 1.54) is 31.2 Å². The zero-order valence-corrected chi connectivity index (χ0v) is 16.8. The van der Waals surface area contributed by atoms with Gasteiger partial charge in [0.1, 0.15) is 5.69 Å². The van der Waals surface area contributed by atoms with Crippen LogP contribution in [0.3, 0.4) is 0 Å². The van der Waals surface area contributed by atoms with Gasteiger partial charge in [0.15, 0.2) is 17.1 Å². The molecule has 0 aliphatic rings. The number of halogens is 5. The van der Waals surface area contributed by atoms with Crippen molar-refractivity contribution < 1.29 is 44.1 Å². The molecule has 170 valence electrons. The highest BCUT2D eigenvalue weighted by Crippen LogP contribution is 2.34. The second-order valence-corrected chi connectivity index (χ2v) is 7.70. The van der Waals surface area contributed by atoms with E-state index in [-0.39, 0.29) is 12.3 Å². The Labute approximate surface area is 176 Å². The molecule has 0 N–H and O–H groups in total. The Hall–Kier alpha value is -3.48. The highest BCUT2D eigenvalue weighted by molar-refractivity contribution is 7.88. The van der Waals surface area contributed by atoms with Crippen molar-refractivity contribution in [3.05, 3.63) is 70.0 Å². The van der Waals surface area contributed by atoms with Crippen LogP contribution in [0.25, 0.3) is 16.6 Å². The molecule has 0 fully saturated rings. The minimum absolute atomic E-state index is 0.0377. The molecule has 13 heteroatoms. The Bertz CT molecular complexity index is 1370. The summed E-state index contributed by atoms with van der Waals surface area (Å²) in [6.07, 6.45) is 0. The third kappa shape index (κ3) is 4.02. The summed E-state index contributed by atoms with van der Waals surface area (Å²) in [5.74, 6) is -6.83. The quantitative estimate of drug-likeness (QED) is 0.241. The first-order valence-electron chi connectivity index (χ1n) is 8.70. The topological polar surface area (TPSA) is 91.7 Å². The van der Waals surface area contributed by atoms with Crippen molar-refractivity contribution in [2.24, 2.45) is 0 Å². The second kappa shape index (κ2) is 8.22. The average Bonchev–Trinajstić information content (AvgIpc) is 2.71. The van der Waals surface area contributed by atoms with Gasteiger partial charge in [-0.15, -0.1) is 0 Å². The van der Waals surface area contributed by atoms with Crippen molar-refractivity contribution in [1.29, 1.82) is 0 Å². The number of pyridine rings is 1. The SMILES string of the molecule is CCOC(=O)c1cc(=O)c2cc(F)c(OS(=O)(=O)C(F)(F)F)c(F)c2n1-c1ccccc1. The summed E-state index contributed by atoms with van der Waals surface area (Å²) in [6.45, 7) is 1.32. The molecule has 3 rings (SSSR count). The van der Waals surface area contributed by atoms with Gasteiger partial charge in [0.25, 0.3) is 0 Å². The number of benzene rings is 2. The maximum atomic E-state index is 15.3. The van der Waals surface area contributed by atoms with Crippen LogP contribution in [0.2, 0.25) is 0 Å². The number of hydrogen-bond acceptors (Lipinski definition) is 6. The van der Waals surface area contributed by atoms with E-state index < -0.39 is 61.0 Å². The number of fused-ring (bicyclic) bond motifs is 1. The molecule has 0 atom stereocenters. The minimum Gasteiger partial charge on any atom is -0.461 e. The molecule has 3 aromatic rings. The lowest BCUT2D eigenvalue weighted by atomic mass is 10.1. The van der Waals surface area contributed by atoms with E-state index in [0.29, 0.717) is 6.07 Å². The second-order valence-electron chi connectivity index (χ2n) is 6.17. The van der Waals surface area contributed by atoms with Crippen LogP contribution in [0.5, 0.6) is 5.75 Å². The fourth-order valence-corrected chi connectivity index (χ4v) is 3.29. The average molecular weight is 477 g/mol. The third-order valence-electron chi connectivity index (χ3n) is 4.12. The monoisotopic (exact) mass is 477 g/mol. The standard InChI is InChI=1S/C19H12F5NO6S/c1-2-30-18(27)13-9-14(26)11-8-12(20)17(31-32(28,29)19(22,23)24)15(21)16(11)25(13)10-6-4-3-5-7-10/h3-9H,2H2,1H3. The number of carbonyl (C=O) groups is 1. The molecule has 32 heavy (non-hydrogen) atoms. The fraction of sp³-hybridized carbons (Fsp3) is 0.158. The Morgan fingerprint density at radius 2 is 1.72 bits per heavy atom. The molecule has 0 bridgehead atoms. The van der Waals surface area contributed by atoms with Crippen LogP contribution < -0.4 is 9.61 Å². The van der Waals surface area contributed by atoms with Crippen LogP contribution in [-0.2, 0) is 14.9 Å². The molecule has 0 aliphatic carbocycles. The summed E-state index contributed by atoms with van der Waals surface area (Å²) >= 11 is 0. The predicted octanol–water partition coefficient (Wildman–Crippen LogP) is 3.67. The van der Waals surface area contributed by atoms with Crippen molar-refractivity contribution in [2.75, 3.05) is 6.61 Å². The number of ether oxygens (including phenoxy) is 1. The molecular weight excluding hydrogens is 465 g/mol. The molecule has 0 aliphatic heterocycles. The Morgan fingerprint density at radius 3 is 2.28 bits per heavy atom. The number of carbonyl (C=O) groups excluding carboxylic acids is 1. The van der Waals surface area contributed by atoms with E-state index in [1.54, 1.807) is 6.07 Å². The predicted molar refractivity (Wildman–Crippen MR) is 101 cm³/mol. The maximum Gasteiger partial charge on any atom is 0.534 e. The third-order valence-corrected chi connectivity index (χ3v) is 5.08. The number of aromatic nitrogens is 1. The lowest BCUT2D eigenvalue weighted by Crippen LogP contribution is -2.29. The van der Waals surface area contributed by atoms with Crippen LogP contribution in [0, 0.1) is 11.6 Å². The first kappa shape index (κ1) is 23.2. The van der Waals surface area contributed by atoms with E-state index in [0.717, 1.165) is 10.6 Å². The molecule has 0 unspecified atom stereocenters. The maximum absolute atomic E-state index is 15.3. The number of rotatable bonds is 5. The van der Waals surface area contributed by atoms with Gasteiger partial charge in [-0.05, 0) is 25.1 Å². The van der Waals surface area contributed by atoms with Gasteiger partial charge in [-0.3, -0.25) is 4.79 Å². The van der Waals surface area contributed by atoms with Gasteiger partial charge < -0.3 is 13.5 Å². The molecule has 0 radical (unpaired) electrons. The summed E-state index contributed by atoms with van der Waals surface area (Å²) < 4.78 is 99.7. The molecule has 7 nitrogen and oxygen atoms in total. The molecule has 0 saturated carbocycles. The number of nitrogens with zero attached hydrogens (tertiary/aromatic N) is 1. The van der Waals surface area contributed by atoms with E-state index in [9.17, 15) is 35.6 Å². The zero-order valence-electron chi connectivity index (χ0n) is 15.9. The van der Waals surface area contributed by atoms with Gasteiger partial charge >= 0.3 is 21.6 Å². The number of esters is 1. The van der Waals surface area contributed by atoms with Crippen LogP contribution in [-0.4, -0.2) is 31.1 Å². The zero-order chi connectivity index (χ0) is 23.8. The summed E-state index contributed by atoms with van der Waals surface area (Å²) in [7, 11) is -6.45. The molecule has 2 aromatic carbocycles. The number of hydrogen-bond donors (Lipinski definition) is 0. The number of alkyl halides is 3. The van der Waals surface area contributed by atoms with Crippen molar-refractivity contribution >= 4 is 27.0 Å². The highest BCUT2D eigenvalue weighted by atomic mass is 32.2. The van der Waals surface area contributed by atoms with Gasteiger partial charge in [-0.25, -0.2) is 13.6 Å². The molecule has 1 aromatic heterocycles. The first-order valence-corrected chi connectivity index (χ1v) is 10.1. The van der Waals surface area contributed by atoms with Crippen molar-refractivity contribution in [3.8, 4) is 11.4 Å². The van der Waals surface area contributed by atoms with Gasteiger partial charge in [-0.2, -0.15) is 21.6 Å². The molecule has 1 heterocycles. The summed E-state index contributed by atoms with van der Waals surface area (Å²) in [5, 5.41) is -0.686. The summed E-state index contributed by atoms with van der Waals surface area (Å²) in [4.78, 5) is 24.9. The number of para-hydroxylation sites is 1. The Balaban J connectivity index is 2.46. The fourth-order valence-electron chi connectivity index (χ4n) is 2.82. The summed E-state index contributed by atoms with van der Waals surface area (Å²) in [5.41, 5.74) is -8.44. The highest BCUT2D eigenvalue weighted by Gasteiger charge is 2.49. The molecule has 0 spiro atoms. The first-order chi connectivity index (χ1) is 14.9. The normalized spacial score (nSPS) is 12.1. The van der Waals surface area contributed by atoms with E-state index in [2.05, 4.69) is 4.18 Å². The molecular formula is C19H12F5NO6S. The Kier molecular flexibility index (Phi) is 5.96. The lowest BCUT2D eigenvalue weighted by Gasteiger charge is -2.18. The Morgan fingerprint density at radius 1 is 1.09 bits per heavy atom. The van der Waals surface area contributed by atoms with E-state index in [4.69, 9.17) is 4.74 Å². The molecule has 0 amide bonds. The van der Waals surface area contributed by atoms with Crippen molar-refractivity contribution in [1.82, 2.24) is 4.57 Å². The largest absolute Gasteiger partial charge is 0.534 e. The van der Waals surface area contributed by atoms with E-state index >= 15 is 4.39 Å². The summed E-state index contributed by atoms with van der Waals surface area (Å²) in [6, 6.07) is 8.22. The van der Waals surface area contributed by atoms with Crippen molar-refractivity contribution in [3.63, 3.8) is 0 Å². The van der Waals surface area contributed by atoms with Gasteiger partial charge in [0, 0.05) is 11.8 Å². The lowest BCUT2D eigenvalue weighted by molar-refractivity contribution is -0.0501. The van der Waals surface area contributed by atoms with Crippen LogP contribution in [0.4, 0.5) is 22.0 Å².